The average molecular weight is 233 g/mol. The van der Waals surface area contributed by atoms with Crippen LogP contribution in [0.4, 0.5) is 0 Å². The van der Waals surface area contributed by atoms with Crippen molar-refractivity contribution in [3.05, 3.63) is 29.8 Å². The van der Waals surface area contributed by atoms with E-state index < -0.39 is 0 Å². The Morgan fingerprint density at radius 3 is 3.06 bits per heavy atom. The maximum Gasteiger partial charge on any atom is 0.189 e. The number of hydrogen-bond acceptors (Lipinski definition) is 4. The molecule has 1 aliphatic rings. The zero-order chi connectivity index (χ0) is 12.1. The van der Waals surface area contributed by atoms with E-state index in [1.807, 2.05) is 18.2 Å². The molecule has 4 nitrogen and oxygen atoms in total. The fourth-order valence-corrected chi connectivity index (χ4v) is 1.94. The standard InChI is InChI=1S/C13H19N3O/c1-2-9-17-12-6-4-3-5-10(12)11-7-8-15-13(14)16-11/h3-6,11H,2,7-9H2,1H3,(H3,14,15,16). The van der Waals surface area contributed by atoms with Crippen molar-refractivity contribution in [3.63, 3.8) is 0 Å². The highest BCUT2D eigenvalue weighted by Gasteiger charge is 2.18. The van der Waals surface area contributed by atoms with Gasteiger partial charge in [-0.2, -0.15) is 0 Å². The highest BCUT2D eigenvalue weighted by molar-refractivity contribution is 5.78. The summed E-state index contributed by atoms with van der Waals surface area (Å²) < 4.78 is 5.74. The van der Waals surface area contributed by atoms with Gasteiger partial charge in [-0.1, -0.05) is 25.1 Å². The fraction of sp³-hybridized carbons (Fsp3) is 0.462. The predicted molar refractivity (Wildman–Crippen MR) is 69.2 cm³/mol. The number of ether oxygens (including phenoxy) is 1. The van der Waals surface area contributed by atoms with E-state index in [4.69, 9.17) is 10.5 Å². The second kappa shape index (κ2) is 5.57. The van der Waals surface area contributed by atoms with Gasteiger partial charge in [0.2, 0.25) is 0 Å². The summed E-state index contributed by atoms with van der Waals surface area (Å²) in [5.74, 6) is 1.45. The molecule has 0 spiro atoms. The van der Waals surface area contributed by atoms with E-state index in [1.54, 1.807) is 0 Å². The van der Waals surface area contributed by atoms with Crippen LogP contribution in [0.2, 0.25) is 0 Å². The average Bonchev–Trinajstić information content (AvgIpc) is 2.37. The van der Waals surface area contributed by atoms with Crippen LogP contribution in [0.1, 0.15) is 31.4 Å². The first-order chi connectivity index (χ1) is 8.31. The summed E-state index contributed by atoms with van der Waals surface area (Å²) in [5, 5.41) is 3.03. The molecule has 1 atom stereocenters. The largest absolute Gasteiger partial charge is 0.493 e. The van der Waals surface area contributed by atoms with Crippen molar-refractivity contribution in [1.82, 2.24) is 5.32 Å². The lowest BCUT2D eigenvalue weighted by atomic mass is 10.0. The molecule has 0 aromatic heterocycles. The highest BCUT2D eigenvalue weighted by atomic mass is 16.5. The lowest BCUT2D eigenvalue weighted by molar-refractivity contribution is 0.311. The van der Waals surface area contributed by atoms with Crippen molar-refractivity contribution in [3.8, 4) is 5.75 Å². The van der Waals surface area contributed by atoms with Crippen molar-refractivity contribution in [2.24, 2.45) is 10.7 Å². The minimum Gasteiger partial charge on any atom is -0.493 e. The van der Waals surface area contributed by atoms with Crippen LogP contribution < -0.4 is 15.8 Å². The Morgan fingerprint density at radius 2 is 2.29 bits per heavy atom. The SMILES string of the molecule is CCCOc1ccccc1C1CCNC(N)=N1. The molecule has 0 fully saturated rings. The Labute approximate surface area is 102 Å². The zero-order valence-electron chi connectivity index (χ0n) is 10.1. The smallest absolute Gasteiger partial charge is 0.189 e. The van der Waals surface area contributed by atoms with Gasteiger partial charge >= 0.3 is 0 Å². The zero-order valence-corrected chi connectivity index (χ0v) is 10.1. The van der Waals surface area contributed by atoms with Crippen LogP contribution >= 0.6 is 0 Å². The summed E-state index contributed by atoms with van der Waals surface area (Å²) in [5.41, 5.74) is 6.84. The van der Waals surface area contributed by atoms with E-state index in [9.17, 15) is 0 Å². The molecule has 92 valence electrons. The second-order valence-electron chi connectivity index (χ2n) is 4.13. The third-order valence-corrected chi connectivity index (χ3v) is 2.76. The maximum atomic E-state index is 5.74. The minimum atomic E-state index is 0.115. The summed E-state index contributed by atoms with van der Waals surface area (Å²) in [6, 6.07) is 8.19. The predicted octanol–water partition coefficient (Wildman–Crippen LogP) is 1.82. The molecule has 2 rings (SSSR count). The van der Waals surface area contributed by atoms with Crippen molar-refractivity contribution < 1.29 is 4.74 Å². The van der Waals surface area contributed by atoms with Gasteiger partial charge in [-0.05, 0) is 18.9 Å². The molecule has 1 aromatic carbocycles. The van der Waals surface area contributed by atoms with Crippen LogP contribution in [0.5, 0.6) is 5.75 Å². The third-order valence-electron chi connectivity index (χ3n) is 2.76. The molecule has 0 amide bonds. The van der Waals surface area contributed by atoms with Crippen LogP contribution in [0, 0.1) is 0 Å². The number of nitrogens with zero attached hydrogens (tertiary/aromatic N) is 1. The molecular weight excluding hydrogens is 214 g/mol. The van der Waals surface area contributed by atoms with Crippen LogP contribution in [0.3, 0.4) is 0 Å². The van der Waals surface area contributed by atoms with Crippen molar-refractivity contribution in [2.45, 2.75) is 25.8 Å². The van der Waals surface area contributed by atoms with E-state index in [-0.39, 0.29) is 6.04 Å². The number of benzene rings is 1. The minimum absolute atomic E-state index is 0.115. The molecule has 1 heterocycles. The van der Waals surface area contributed by atoms with E-state index in [0.29, 0.717) is 5.96 Å². The van der Waals surface area contributed by atoms with Crippen molar-refractivity contribution in [1.29, 1.82) is 0 Å². The lowest BCUT2D eigenvalue weighted by Gasteiger charge is -2.22. The Morgan fingerprint density at radius 1 is 1.47 bits per heavy atom. The van der Waals surface area contributed by atoms with Crippen LogP contribution in [0.15, 0.2) is 29.3 Å². The number of nitrogens with one attached hydrogen (secondary N) is 1. The molecule has 0 saturated carbocycles. The maximum absolute atomic E-state index is 5.74. The molecular formula is C13H19N3O. The monoisotopic (exact) mass is 233 g/mol. The highest BCUT2D eigenvalue weighted by Crippen LogP contribution is 2.30. The van der Waals surface area contributed by atoms with Crippen LogP contribution in [-0.4, -0.2) is 19.1 Å². The molecule has 17 heavy (non-hydrogen) atoms. The molecule has 4 heteroatoms. The van der Waals surface area contributed by atoms with Crippen molar-refractivity contribution >= 4 is 5.96 Å². The number of rotatable bonds is 4. The number of aliphatic imine (C=N–C) groups is 1. The first-order valence-electron chi connectivity index (χ1n) is 6.10. The van der Waals surface area contributed by atoms with Gasteiger partial charge < -0.3 is 15.8 Å². The van der Waals surface area contributed by atoms with Crippen molar-refractivity contribution in [2.75, 3.05) is 13.2 Å². The molecule has 0 saturated heterocycles. The van der Waals surface area contributed by atoms with Gasteiger partial charge in [0.25, 0.3) is 0 Å². The molecule has 0 bridgehead atoms. The van der Waals surface area contributed by atoms with Gasteiger partial charge in [0.05, 0.1) is 12.6 Å². The summed E-state index contributed by atoms with van der Waals surface area (Å²) in [7, 11) is 0. The summed E-state index contributed by atoms with van der Waals surface area (Å²) in [6.07, 6.45) is 1.96. The van der Waals surface area contributed by atoms with Gasteiger partial charge in [-0.3, -0.25) is 0 Å². The normalized spacial score (nSPS) is 19.4. The molecule has 0 radical (unpaired) electrons. The summed E-state index contributed by atoms with van der Waals surface area (Å²) in [6.45, 7) is 3.70. The third kappa shape index (κ3) is 2.90. The molecule has 0 aliphatic carbocycles. The quantitative estimate of drug-likeness (QED) is 0.834. The number of guanidine groups is 1. The van der Waals surface area contributed by atoms with E-state index >= 15 is 0 Å². The van der Waals surface area contributed by atoms with E-state index in [1.165, 1.54) is 0 Å². The van der Waals surface area contributed by atoms with Gasteiger partial charge in [0.1, 0.15) is 5.75 Å². The van der Waals surface area contributed by atoms with Gasteiger partial charge in [-0.25, -0.2) is 4.99 Å². The molecule has 1 aromatic rings. The first-order valence-corrected chi connectivity index (χ1v) is 6.10. The number of hydrogen-bond donors (Lipinski definition) is 2. The summed E-state index contributed by atoms with van der Waals surface area (Å²) in [4.78, 5) is 4.42. The number of para-hydroxylation sites is 1. The van der Waals surface area contributed by atoms with Gasteiger partial charge in [0.15, 0.2) is 5.96 Å². The lowest BCUT2D eigenvalue weighted by Crippen LogP contribution is -2.36. The number of nitrogens with two attached hydrogens (primary N) is 1. The van der Waals surface area contributed by atoms with E-state index in [0.717, 1.165) is 37.3 Å². The van der Waals surface area contributed by atoms with Gasteiger partial charge in [0, 0.05) is 12.1 Å². The van der Waals surface area contributed by atoms with Gasteiger partial charge in [-0.15, -0.1) is 0 Å². The molecule has 3 N–H and O–H groups in total. The Bertz CT molecular complexity index is 403. The second-order valence-corrected chi connectivity index (χ2v) is 4.13. The summed E-state index contributed by atoms with van der Waals surface area (Å²) >= 11 is 0. The molecule has 1 aliphatic heterocycles. The van der Waals surface area contributed by atoms with Crippen LogP contribution in [0.25, 0.3) is 0 Å². The Hall–Kier alpha value is -1.71. The van der Waals surface area contributed by atoms with E-state index in [2.05, 4.69) is 23.3 Å². The topological polar surface area (TPSA) is 59.6 Å². The fourth-order valence-electron chi connectivity index (χ4n) is 1.94. The Kier molecular flexibility index (Phi) is 3.85. The first kappa shape index (κ1) is 11.8. The Balaban J connectivity index is 2.21. The van der Waals surface area contributed by atoms with Crippen LogP contribution in [-0.2, 0) is 0 Å². The molecule has 1 unspecified atom stereocenters.